The number of aliphatic hydroxyl groups excluding tert-OH is 1. The molecule has 15 heavy (non-hydrogen) atoms. The van der Waals surface area contributed by atoms with Gasteiger partial charge in [-0.15, -0.1) is 0 Å². The van der Waals surface area contributed by atoms with E-state index in [0.29, 0.717) is 6.42 Å². The highest BCUT2D eigenvalue weighted by atomic mass is 16.5. The van der Waals surface area contributed by atoms with Crippen molar-refractivity contribution < 1.29 is 9.84 Å². The van der Waals surface area contributed by atoms with Gasteiger partial charge in [-0.25, -0.2) is 0 Å². The van der Waals surface area contributed by atoms with Crippen LogP contribution >= 0.6 is 0 Å². The molecule has 3 heteroatoms. The van der Waals surface area contributed by atoms with E-state index in [1.165, 1.54) is 0 Å². The summed E-state index contributed by atoms with van der Waals surface area (Å²) in [6.45, 7) is 0. The minimum atomic E-state index is -0.463. The minimum Gasteiger partial charge on any atom is -0.508 e. The Morgan fingerprint density at radius 3 is 2.67 bits per heavy atom. The molecule has 0 amide bonds. The lowest BCUT2D eigenvalue weighted by Crippen LogP contribution is -2.27. The number of hydrogen-bond donors (Lipinski definition) is 1. The van der Waals surface area contributed by atoms with E-state index in [1.807, 2.05) is 18.2 Å². The second-order valence-corrected chi connectivity index (χ2v) is 3.50. The standard InChI is InChI=1S/C12H13NO2/c1-15-12(6-2-11(14)3-7-12)10-4-8-13-9-5-10/h2-6,8-9,14H,7H2,1H3. The molecule has 1 unspecified atom stereocenters. The zero-order valence-corrected chi connectivity index (χ0v) is 8.55. The summed E-state index contributed by atoms with van der Waals surface area (Å²) in [4.78, 5) is 3.98. The number of hydrogen-bond acceptors (Lipinski definition) is 3. The molecule has 2 rings (SSSR count). The van der Waals surface area contributed by atoms with Gasteiger partial charge in [-0.05, 0) is 35.9 Å². The van der Waals surface area contributed by atoms with Crippen LogP contribution in [0.15, 0.2) is 48.5 Å². The van der Waals surface area contributed by atoms with Crippen LogP contribution < -0.4 is 0 Å². The van der Waals surface area contributed by atoms with Gasteiger partial charge in [-0.2, -0.15) is 0 Å². The Hall–Kier alpha value is -1.61. The summed E-state index contributed by atoms with van der Waals surface area (Å²) >= 11 is 0. The monoisotopic (exact) mass is 203 g/mol. The quantitative estimate of drug-likeness (QED) is 0.802. The fourth-order valence-electron chi connectivity index (χ4n) is 1.73. The molecule has 1 aromatic rings. The predicted molar refractivity (Wildman–Crippen MR) is 57.4 cm³/mol. The Morgan fingerprint density at radius 1 is 1.40 bits per heavy atom. The van der Waals surface area contributed by atoms with E-state index in [1.54, 1.807) is 31.7 Å². The van der Waals surface area contributed by atoms with Crippen molar-refractivity contribution in [2.45, 2.75) is 12.0 Å². The molecule has 0 aliphatic heterocycles. The topological polar surface area (TPSA) is 42.4 Å². The summed E-state index contributed by atoms with van der Waals surface area (Å²) in [6, 6.07) is 3.84. The lowest BCUT2D eigenvalue weighted by Gasteiger charge is -2.30. The second-order valence-electron chi connectivity index (χ2n) is 3.50. The van der Waals surface area contributed by atoms with Gasteiger partial charge in [0.05, 0.1) is 0 Å². The fraction of sp³-hybridized carbons (Fsp3) is 0.250. The van der Waals surface area contributed by atoms with Crippen LogP contribution in [-0.2, 0) is 10.3 Å². The van der Waals surface area contributed by atoms with E-state index in [4.69, 9.17) is 4.74 Å². The number of rotatable bonds is 2. The second kappa shape index (κ2) is 3.87. The number of nitrogens with zero attached hydrogens (tertiary/aromatic N) is 1. The maximum atomic E-state index is 9.29. The molecule has 0 aromatic carbocycles. The van der Waals surface area contributed by atoms with E-state index in [2.05, 4.69) is 4.98 Å². The third-order valence-electron chi connectivity index (χ3n) is 2.67. The van der Waals surface area contributed by atoms with Crippen LogP contribution in [-0.4, -0.2) is 17.2 Å². The summed E-state index contributed by atoms with van der Waals surface area (Å²) in [7, 11) is 1.67. The number of allylic oxidation sites excluding steroid dienone is 1. The third kappa shape index (κ3) is 1.78. The molecule has 0 saturated heterocycles. The van der Waals surface area contributed by atoms with Crippen molar-refractivity contribution in [2.24, 2.45) is 0 Å². The zero-order chi connectivity index (χ0) is 10.7. The Labute approximate surface area is 88.7 Å². The molecule has 1 aliphatic rings. The molecule has 1 aromatic heterocycles. The molecular formula is C12H13NO2. The largest absolute Gasteiger partial charge is 0.508 e. The Bertz CT molecular complexity index is 397. The Balaban J connectivity index is 2.37. The molecule has 0 radical (unpaired) electrons. The number of ether oxygens (including phenoxy) is 1. The van der Waals surface area contributed by atoms with Crippen LogP contribution in [0.1, 0.15) is 12.0 Å². The highest BCUT2D eigenvalue weighted by Crippen LogP contribution is 2.33. The van der Waals surface area contributed by atoms with Gasteiger partial charge in [0, 0.05) is 25.9 Å². The summed E-state index contributed by atoms with van der Waals surface area (Å²) in [5.74, 6) is 0.289. The molecule has 1 N–H and O–H groups in total. The van der Waals surface area contributed by atoms with Crippen LogP contribution in [0.2, 0.25) is 0 Å². The highest BCUT2D eigenvalue weighted by molar-refractivity contribution is 5.33. The van der Waals surface area contributed by atoms with Crippen molar-refractivity contribution in [1.82, 2.24) is 4.98 Å². The van der Waals surface area contributed by atoms with Crippen LogP contribution in [0.25, 0.3) is 0 Å². The average molecular weight is 203 g/mol. The van der Waals surface area contributed by atoms with E-state index >= 15 is 0 Å². The van der Waals surface area contributed by atoms with Crippen LogP contribution in [0.3, 0.4) is 0 Å². The Morgan fingerprint density at radius 2 is 2.13 bits per heavy atom. The molecule has 3 nitrogen and oxygen atoms in total. The SMILES string of the molecule is COC1(c2ccncc2)C=CC(O)=CC1. The number of methoxy groups -OCH3 is 1. The van der Waals surface area contributed by atoms with Crippen molar-refractivity contribution in [1.29, 1.82) is 0 Å². The summed E-state index contributed by atoms with van der Waals surface area (Å²) in [5, 5.41) is 9.29. The highest BCUT2D eigenvalue weighted by Gasteiger charge is 2.30. The maximum Gasteiger partial charge on any atom is 0.115 e. The maximum absolute atomic E-state index is 9.29. The van der Waals surface area contributed by atoms with Gasteiger partial charge in [0.25, 0.3) is 0 Å². The Kier molecular flexibility index (Phi) is 2.56. The van der Waals surface area contributed by atoms with Gasteiger partial charge in [0.2, 0.25) is 0 Å². The van der Waals surface area contributed by atoms with Crippen molar-refractivity contribution in [3.05, 3.63) is 54.1 Å². The fourth-order valence-corrected chi connectivity index (χ4v) is 1.73. The smallest absolute Gasteiger partial charge is 0.115 e. The van der Waals surface area contributed by atoms with E-state index in [0.717, 1.165) is 5.56 Å². The van der Waals surface area contributed by atoms with Crippen molar-refractivity contribution in [3.63, 3.8) is 0 Å². The lowest BCUT2D eigenvalue weighted by atomic mass is 9.87. The summed E-state index contributed by atoms with van der Waals surface area (Å²) in [6.07, 6.45) is 9.40. The predicted octanol–water partition coefficient (Wildman–Crippen LogP) is 2.33. The van der Waals surface area contributed by atoms with Crippen LogP contribution in [0.5, 0.6) is 0 Å². The summed E-state index contributed by atoms with van der Waals surface area (Å²) in [5.41, 5.74) is 0.579. The van der Waals surface area contributed by atoms with Crippen molar-refractivity contribution >= 4 is 0 Å². The van der Waals surface area contributed by atoms with Gasteiger partial charge in [-0.3, -0.25) is 4.98 Å². The number of aliphatic hydroxyl groups is 1. The van der Waals surface area contributed by atoms with Crippen LogP contribution in [0, 0.1) is 0 Å². The molecule has 0 bridgehead atoms. The molecule has 0 saturated carbocycles. The minimum absolute atomic E-state index is 0.289. The molecule has 1 heterocycles. The summed E-state index contributed by atoms with van der Waals surface area (Å²) < 4.78 is 5.54. The van der Waals surface area contributed by atoms with Gasteiger partial charge in [0.1, 0.15) is 11.4 Å². The van der Waals surface area contributed by atoms with Crippen LogP contribution in [0.4, 0.5) is 0 Å². The van der Waals surface area contributed by atoms with Gasteiger partial charge in [-0.1, -0.05) is 0 Å². The van der Waals surface area contributed by atoms with Gasteiger partial charge >= 0.3 is 0 Å². The molecule has 0 fully saturated rings. The molecule has 78 valence electrons. The first-order valence-electron chi connectivity index (χ1n) is 4.81. The van der Waals surface area contributed by atoms with Crippen molar-refractivity contribution in [3.8, 4) is 0 Å². The molecule has 1 atom stereocenters. The number of aromatic nitrogens is 1. The molecule has 0 spiro atoms. The average Bonchev–Trinajstić information content (AvgIpc) is 2.32. The van der Waals surface area contributed by atoms with E-state index < -0.39 is 5.60 Å². The van der Waals surface area contributed by atoms with Gasteiger partial charge < -0.3 is 9.84 Å². The van der Waals surface area contributed by atoms with E-state index in [9.17, 15) is 5.11 Å². The first kappa shape index (κ1) is 9.93. The first-order valence-corrected chi connectivity index (χ1v) is 4.81. The number of pyridine rings is 1. The van der Waals surface area contributed by atoms with Crippen molar-refractivity contribution in [2.75, 3.05) is 7.11 Å². The normalized spacial score (nSPS) is 25.0. The van der Waals surface area contributed by atoms with E-state index in [-0.39, 0.29) is 5.76 Å². The van der Waals surface area contributed by atoms with Gasteiger partial charge in [0.15, 0.2) is 0 Å². The molecule has 1 aliphatic carbocycles. The first-order chi connectivity index (χ1) is 7.27. The lowest BCUT2D eigenvalue weighted by molar-refractivity contribution is 0.0292. The molecular weight excluding hydrogens is 190 g/mol. The third-order valence-corrected chi connectivity index (χ3v) is 2.67. The zero-order valence-electron chi connectivity index (χ0n) is 8.55.